The van der Waals surface area contributed by atoms with Crippen molar-refractivity contribution in [1.82, 2.24) is 0 Å². The third-order valence-corrected chi connectivity index (χ3v) is 12.8. The molecule has 4 N–H and O–H groups in total. The van der Waals surface area contributed by atoms with Gasteiger partial charge in [-0.25, -0.2) is 0 Å². The highest BCUT2D eigenvalue weighted by Gasteiger charge is 2.69. The van der Waals surface area contributed by atoms with Gasteiger partial charge >= 0.3 is 11.9 Å². The van der Waals surface area contributed by atoms with E-state index in [0.717, 1.165) is 44.1 Å². The largest absolute Gasteiger partial charge is 0.481 e. The summed E-state index contributed by atoms with van der Waals surface area (Å²) in [6, 6.07) is 0. The number of aliphatic hydroxyl groups is 2. The summed E-state index contributed by atoms with van der Waals surface area (Å²) in [5, 5.41) is 43.2. The molecule has 35 heavy (non-hydrogen) atoms. The number of fused-ring (bicyclic) bond motifs is 7. The van der Waals surface area contributed by atoms with Crippen LogP contribution in [0.3, 0.4) is 0 Å². The molecule has 5 aliphatic rings. The molecule has 0 aliphatic heterocycles. The second kappa shape index (κ2) is 7.56. The fraction of sp³-hybridized carbons (Fsp3) is 0.862. The predicted octanol–water partition coefficient (Wildman–Crippen LogP) is 4.88. The first-order valence-corrected chi connectivity index (χ1v) is 13.7. The lowest BCUT2D eigenvalue weighted by Crippen LogP contribution is -2.66. The van der Waals surface area contributed by atoms with E-state index in [9.17, 15) is 30.0 Å². The fourth-order valence-electron chi connectivity index (χ4n) is 10.5. The number of carboxylic acids is 2. The van der Waals surface area contributed by atoms with Crippen LogP contribution < -0.4 is 0 Å². The van der Waals surface area contributed by atoms with Gasteiger partial charge in [0.1, 0.15) is 0 Å². The first-order valence-electron chi connectivity index (χ1n) is 13.7. The molecule has 0 heterocycles. The Morgan fingerprint density at radius 3 is 2.11 bits per heavy atom. The lowest BCUT2D eigenvalue weighted by molar-refractivity contribution is -0.212. The molecule has 0 aromatic heterocycles. The Kier molecular flexibility index (Phi) is 5.46. The van der Waals surface area contributed by atoms with E-state index in [-0.39, 0.29) is 40.4 Å². The van der Waals surface area contributed by atoms with Crippen molar-refractivity contribution in [2.45, 2.75) is 104 Å². The topological polar surface area (TPSA) is 115 Å². The standard InChI is InChI=1S/C29H44O6/c1-16-8-14-29(24(33)34)15-9-18-17(22(29)28(16,5)35)6-7-19-25(18,2)12-10-20-26(19,3)13-11-21(30)27(20,4)23(31)32/h6,16,18-22,30,35H,7-15H2,1-5H3,(H,31,32)(H,33,34)/t16-,18+,19-,20-,21+,22-,25+,26-,27-,28-,29+/m1/s1. The summed E-state index contributed by atoms with van der Waals surface area (Å²) in [5.41, 5.74) is -2.23. The van der Waals surface area contributed by atoms with Gasteiger partial charge in [-0.1, -0.05) is 32.4 Å². The minimum atomic E-state index is -1.15. The van der Waals surface area contributed by atoms with E-state index in [1.807, 2.05) is 6.92 Å². The summed E-state index contributed by atoms with van der Waals surface area (Å²) in [6.45, 7) is 10.3. The quantitative estimate of drug-likeness (QED) is 0.412. The minimum absolute atomic E-state index is 0.0366. The SMILES string of the molecule is C[C@@H]1CC[C@]2(C(=O)O)CC[C@H]3C(=CC[C@H]4[C@@]5(C)CC[C@H](O)[C@](C)(C(=O)O)[C@@H]5CC[C@]43C)[C@@H]2[C@]1(C)O. The predicted molar refractivity (Wildman–Crippen MR) is 131 cm³/mol. The van der Waals surface area contributed by atoms with E-state index in [4.69, 9.17) is 0 Å². The molecule has 0 aromatic rings. The average Bonchev–Trinajstić information content (AvgIpc) is 2.78. The van der Waals surface area contributed by atoms with Gasteiger partial charge in [0, 0.05) is 5.92 Å². The number of carbonyl (C=O) groups is 2. The van der Waals surface area contributed by atoms with Crippen molar-refractivity contribution in [3.05, 3.63) is 11.6 Å². The van der Waals surface area contributed by atoms with E-state index in [0.29, 0.717) is 19.3 Å². The Hall–Kier alpha value is -1.40. The molecule has 0 unspecified atom stereocenters. The van der Waals surface area contributed by atoms with E-state index < -0.39 is 34.5 Å². The van der Waals surface area contributed by atoms with Crippen molar-refractivity contribution in [3.63, 3.8) is 0 Å². The molecule has 0 bridgehead atoms. The van der Waals surface area contributed by atoms with Crippen molar-refractivity contribution in [2.24, 2.45) is 51.2 Å². The van der Waals surface area contributed by atoms with Crippen LogP contribution >= 0.6 is 0 Å². The Morgan fingerprint density at radius 2 is 1.49 bits per heavy atom. The van der Waals surface area contributed by atoms with Gasteiger partial charge in [0.05, 0.1) is 22.5 Å². The summed E-state index contributed by atoms with van der Waals surface area (Å²) in [4.78, 5) is 25.2. The Morgan fingerprint density at radius 1 is 0.857 bits per heavy atom. The van der Waals surface area contributed by atoms with Crippen LogP contribution in [0.2, 0.25) is 0 Å². The zero-order valence-corrected chi connectivity index (χ0v) is 22.0. The molecule has 0 spiro atoms. The van der Waals surface area contributed by atoms with Crippen molar-refractivity contribution in [2.75, 3.05) is 0 Å². The summed E-state index contributed by atoms with van der Waals surface area (Å²) in [6.07, 6.45) is 7.91. The monoisotopic (exact) mass is 488 g/mol. The van der Waals surface area contributed by atoms with Crippen LogP contribution in [0.25, 0.3) is 0 Å². The zero-order valence-electron chi connectivity index (χ0n) is 22.0. The number of hydrogen-bond donors (Lipinski definition) is 4. The Bertz CT molecular complexity index is 970. The first-order chi connectivity index (χ1) is 16.2. The van der Waals surface area contributed by atoms with Gasteiger partial charge in [-0.05, 0) is 106 Å². The van der Waals surface area contributed by atoms with E-state index in [1.165, 1.54) is 0 Å². The summed E-state index contributed by atoms with van der Waals surface area (Å²) in [5.74, 6) is -1.62. The number of carboxylic acid groups (broad SMARTS) is 2. The molecule has 0 amide bonds. The minimum Gasteiger partial charge on any atom is -0.481 e. The van der Waals surface area contributed by atoms with Crippen LogP contribution in [0, 0.1) is 51.2 Å². The molecule has 0 radical (unpaired) electrons. The van der Waals surface area contributed by atoms with E-state index in [1.54, 1.807) is 6.92 Å². The third-order valence-electron chi connectivity index (χ3n) is 12.8. The van der Waals surface area contributed by atoms with Crippen LogP contribution in [-0.4, -0.2) is 44.1 Å². The highest BCUT2D eigenvalue weighted by Crippen LogP contribution is 2.72. The fourth-order valence-corrected chi connectivity index (χ4v) is 10.5. The second-order valence-corrected chi connectivity index (χ2v) is 13.9. The summed E-state index contributed by atoms with van der Waals surface area (Å²) in [7, 11) is 0. The molecule has 6 heteroatoms. The third kappa shape index (κ3) is 2.96. The van der Waals surface area contributed by atoms with Gasteiger partial charge in [-0.15, -0.1) is 0 Å². The molecule has 5 aliphatic carbocycles. The molecule has 4 fully saturated rings. The molecule has 0 saturated heterocycles. The lowest BCUT2D eigenvalue weighted by Gasteiger charge is -2.68. The molecule has 5 rings (SSSR count). The zero-order chi connectivity index (χ0) is 25.8. The first kappa shape index (κ1) is 25.3. The second-order valence-electron chi connectivity index (χ2n) is 13.9. The van der Waals surface area contributed by atoms with E-state index >= 15 is 0 Å². The normalized spacial score (nSPS) is 55.5. The molecule has 196 valence electrons. The van der Waals surface area contributed by atoms with Crippen molar-refractivity contribution >= 4 is 11.9 Å². The van der Waals surface area contributed by atoms with Gasteiger partial charge in [-0.3, -0.25) is 9.59 Å². The van der Waals surface area contributed by atoms with Gasteiger partial charge in [0.25, 0.3) is 0 Å². The maximum Gasteiger partial charge on any atom is 0.312 e. The maximum absolute atomic E-state index is 12.7. The van der Waals surface area contributed by atoms with E-state index in [2.05, 4.69) is 26.8 Å². The molecule has 4 saturated carbocycles. The number of hydrogen-bond acceptors (Lipinski definition) is 4. The number of aliphatic carboxylic acids is 2. The van der Waals surface area contributed by atoms with Crippen LogP contribution in [0.1, 0.15) is 92.4 Å². The van der Waals surface area contributed by atoms with Crippen molar-refractivity contribution in [3.8, 4) is 0 Å². The Labute approximate surface area is 209 Å². The lowest BCUT2D eigenvalue weighted by atomic mass is 9.36. The smallest absolute Gasteiger partial charge is 0.312 e. The summed E-state index contributed by atoms with van der Waals surface area (Å²) >= 11 is 0. The van der Waals surface area contributed by atoms with Crippen molar-refractivity contribution in [1.29, 1.82) is 0 Å². The average molecular weight is 489 g/mol. The number of allylic oxidation sites excluding steroid dienone is 1. The van der Waals surface area contributed by atoms with Crippen molar-refractivity contribution < 1.29 is 30.0 Å². The van der Waals surface area contributed by atoms with Crippen LogP contribution in [0.15, 0.2) is 11.6 Å². The van der Waals surface area contributed by atoms with Gasteiger partial charge in [0.15, 0.2) is 0 Å². The molecule has 11 atom stereocenters. The molecule has 0 aromatic carbocycles. The highest BCUT2D eigenvalue weighted by atomic mass is 16.4. The number of rotatable bonds is 2. The maximum atomic E-state index is 12.7. The molecule has 6 nitrogen and oxygen atoms in total. The van der Waals surface area contributed by atoms with Crippen LogP contribution in [0.4, 0.5) is 0 Å². The number of aliphatic hydroxyl groups excluding tert-OH is 1. The van der Waals surface area contributed by atoms with Crippen LogP contribution in [-0.2, 0) is 9.59 Å². The van der Waals surface area contributed by atoms with Crippen LogP contribution in [0.5, 0.6) is 0 Å². The van der Waals surface area contributed by atoms with Gasteiger partial charge < -0.3 is 20.4 Å². The molecular formula is C29H44O6. The van der Waals surface area contributed by atoms with Gasteiger partial charge in [-0.2, -0.15) is 0 Å². The highest BCUT2D eigenvalue weighted by molar-refractivity contribution is 5.77. The Balaban J connectivity index is 1.60. The van der Waals surface area contributed by atoms with Gasteiger partial charge in [0.2, 0.25) is 0 Å². The molecular weight excluding hydrogens is 444 g/mol. The summed E-state index contributed by atoms with van der Waals surface area (Å²) < 4.78 is 0.